The van der Waals surface area contributed by atoms with Gasteiger partial charge in [-0.1, -0.05) is 105 Å². The van der Waals surface area contributed by atoms with Crippen molar-refractivity contribution >= 4 is 16.8 Å². The third-order valence-corrected chi connectivity index (χ3v) is 9.48. The fourth-order valence-corrected chi connectivity index (χ4v) is 7.33. The summed E-state index contributed by atoms with van der Waals surface area (Å²) in [6, 6.07) is 36.7. The van der Waals surface area contributed by atoms with Crippen molar-refractivity contribution in [2.45, 2.75) is 24.9 Å². The van der Waals surface area contributed by atoms with Crippen molar-refractivity contribution in [2.75, 3.05) is 7.11 Å². The lowest BCUT2D eigenvalue weighted by atomic mass is 9.76. The molecule has 220 valence electrons. The Kier molecular flexibility index (Phi) is 6.01. The van der Waals surface area contributed by atoms with Crippen molar-refractivity contribution in [3.05, 3.63) is 161 Å². The molecule has 6 aromatic carbocycles. The van der Waals surface area contributed by atoms with Crippen LogP contribution in [0.4, 0.5) is 8.78 Å². The molecule has 8 rings (SSSR count). The molecule has 0 bridgehead atoms. The van der Waals surface area contributed by atoms with Gasteiger partial charge in [-0.3, -0.25) is 0 Å². The summed E-state index contributed by atoms with van der Waals surface area (Å²) in [6.07, 6.45) is 4.14. The molecule has 1 heterocycles. The number of ether oxygens (including phenoxy) is 2. The minimum absolute atomic E-state index is 0.277. The van der Waals surface area contributed by atoms with E-state index in [1.54, 1.807) is 7.11 Å². The van der Waals surface area contributed by atoms with Crippen molar-refractivity contribution in [1.29, 1.82) is 0 Å². The summed E-state index contributed by atoms with van der Waals surface area (Å²) in [4.78, 5) is 0. The third kappa shape index (κ3) is 3.98. The van der Waals surface area contributed by atoms with E-state index >= 15 is 8.78 Å². The molecule has 0 saturated heterocycles. The molecule has 2 aliphatic rings. The molecule has 0 amide bonds. The van der Waals surface area contributed by atoms with E-state index in [2.05, 4.69) is 56.3 Å². The number of hydrogen-bond donors (Lipinski definition) is 0. The van der Waals surface area contributed by atoms with Crippen molar-refractivity contribution in [2.24, 2.45) is 0 Å². The molecule has 6 aromatic rings. The van der Waals surface area contributed by atoms with Crippen LogP contribution in [-0.4, -0.2) is 7.11 Å². The number of rotatable bonds is 4. The zero-order chi connectivity index (χ0) is 30.9. The van der Waals surface area contributed by atoms with E-state index in [9.17, 15) is 0 Å². The van der Waals surface area contributed by atoms with E-state index in [1.165, 1.54) is 6.07 Å². The van der Waals surface area contributed by atoms with Gasteiger partial charge in [0, 0.05) is 28.2 Å². The Morgan fingerprint density at radius 3 is 2.11 bits per heavy atom. The zero-order valence-corrected chi connectivity index (χ0v) is 25.2. The van der Waals surface area contributed by atoms with E-state index in [1.807, 2.05) is 72.8 Å². The Morgan fingerprint density at radius 1 is 0.711 bits per heavy atom. The molecule has 0 spiro atoms. The first-order valence-electron chi connectivity index (χ1n) is 15.1. The third-order valence-electron chi connectivity index (χ3n) is 9.48. The standard InChI is InChI=1S/C41H30F2O2/c1-40(2)34-22-26(25-10-6-4-7-11-25)14-19-31(34)36-33-23-29(42)24-35(43)37(33)39-32(38(36)40)20-21-41(45-39,27-12-8-5-9-13-27)28-15-17-30(44-3)18-16-28/h4-24H,1-3H3. The fraction of sp³-hybridized carbons (Fsp3) is 0.122. The highest BCUT2D eigenvalue weighted by Crippen LogP contribution is 2.59. The van der Waals surface area contributed by atoms with Crippen LogP contribution in [0.25, 0.3) is 39.1 Å². The average Bonchev–Trinajstić information content (AvgIpc) is 3.31. The molecule has 1 aliphatic carbocycles. The van der Waals surface area contributed by atoms with Gasteiger partial charge in [0.25, 0.3) is 0 Å². The zero-order valence-electron chi connectivity index (χ0n) is 25.2. The van der Waals surface area contributed by atoms with E-state index < -0.39 is 22.7 Å². The van der Waals surface area contributed by atoms with Crippen molar-refractivity contribution in [3.8, 4) is 33.8 Å². The summed E-state index contributed by atoms with van der Waals surface area (Å²) in [5.74, 6) is -0.137. The molecule has 2 nitrogen and oxygen atoms in total. The van der Waals surface area contributed by atoms with Crippen molar-refractivity contribution in [1.82, 2.24) is 0 Å². The van der Waals surface area contributed by atoms with Gasteiger partial charge in [0.1, 0.15) is 23.1 Å². The first kappa shape index (κ1) is 27.3. The second-order valence-corrected chi connectivity index (χ2v) is 12.3. The summed E-state index contributed by atoms with van der Waals surface area (Å²) >= 11 is 0. The van der Waals surface area contributed by atoms with E-state index in [0.29, 0.717) is 11.1 Å². The molecule has 0 saturated carbocycles. The Balaban J connectivity index is 1.42. The van der Waals surface area contributed by atoms with Crippen molar-refractivity contribution in [3.63, 3.8) is 0 Å². The van der Waals surface area contributed by atoms with Gasteiger partial charge in [-0.25, -0.2) is 8.78 Å². The lowest BCUT2D eigenvalue weighted by Gasteiger charge is -2.38. The average molecular weight is 593 g/mol. The van der Waals surface area contributed by atoms with Gasteiger partial charge in [0.05, 0.1) is 12.5 Å². The molecule has 45 heavy (non-hydrogen) atoms. The highest BCUT2D eigenvalue weighted by Gasteiger charge is 2.45. The Morgan fingerprint density at radius 2 is 1.40 bits per heavy atom. The largest absolute Gasteiger partial charge is 0.497 e. The molecule has 0 radical (unpaired) electrons. The normalized spacial score (nSPS) is 17.4. The minimum atomic E-state index is -1.06. The number of benzene rings is 6. The molecule has 1 atom stereocenters. The second-order valence-electron chi connectivity index (χ2n) is 12.3. The molecule has 1 aliphatic heterocycles. The predicted molar refractivity (Wildman–Crippen MR) is 177 cm³/mol. The molecule has 4 heteroatoms. The smallest absolute Gasteiger partial charge is 0.178 e. The van der Waals surface area contributed by atoms with Crippen LogP contribution in [0.2, 0.25) is 0 Å². The van der Waals surface area contributed by atoms with E-state index in [-0.39, 0.29) is 5.39 Å². The molecular formula is C41H30F2O2. The SMILES string of the molecule is COc1ccc(C2(c3ccccc3)C=Cc3c4c(c5cc(F)cc(F)c5c3O2)-c2ccc(-c3ccccc3)cc2C4(C)C)cc1. The second kappa shape index (κ2) is 9.90. The fourth-order valence-electron chi connectivity index (χ4n) is 7.33. The maximum atomic E-state index is 16.2. The van der Waals surface area contributed by atoms with Crippen LogP contribution >= 0.6 is 0 Å². The highest BCUT2D eigenvalue weighted by atomic mass is 19.1. The quantitative estimate of drug-likeness (QED) is 0.203. The summed E-state index contributed by atoms with van der Waals surface area (Å²) in [6.45, 7) is 4.37. The molecular weight excluding hydrogens is 562 g/mol. The maximum absolute atomic E-state index is 16.2. The maximum Gasteiger partial charge on any atom is 0.178 e. The Labute approximate surface area is 261 Å². The number of halogens is 2. The van der Waals surface area contributed by atoms with Gasteiger partial charge in [-0.2, -0.15) is 0 Å². The van der Waals surface area contributed by atoms with E-state index in [4.69, 9.17) is 9.47 Å². The van der Waals surface area contributed by atoms with Crippen LogP contribution < -0.4 is 9.47 Å². The first-order chi connectivity index (χ1) is 21.8. The first-order valence-corrected chi connectivity index (χ1v) is 15.1. The summed E-state index contributed by atoms with van der Waals surface area (Å²) in [5, 5.41) is 0.784. The Hall–Kier alpha value is -5.22. The van der Waals surface area contributed by atoms with Crippen LogP contribution in [0, 0.1) is 11.6 Å². The van der Waals surface area contributed by atoms with Gasteiger partial charge in [0.15, 0.2) is 5.60 Å². The summed E-state index contributed by atoms with van der Waals surface area (Å²) in [7, 11) is 1.63. The highest BCUT2D eigenvalue weighted by molar-refractivity contribution is 6.09. The summed E-state index contributed by atoms with van der Waals surface area (Å²) < 4.78 is 43.8. The topological polar surface area (TPSA) is 18.5 Å². The van der Waals surface area contributed by atoms with Crippen LogP contribution in [0.1, 0.15) is 41.7 Å². The predicted octanol–water partition coefficient (Wildman–Crippen LogP) is 10.4. The number of hydrogen-bond acceptors (Lipinski definition) is 2. The lowest BCUT2D eigenvalue weighted by molar-refractivity contribution is 0.163. The van der Waals surface area contributed by atoms with Crippen LogP contribution in [0.3, 0.4) is 0 Å². The minimum Gasteiger partial charge on any atom is -0.497 e. The van der Waals surface area contributed by atoms with Gasteiger partial charge in [0.2, 0.25) is 0 Å². The molecule has 0 N–H and O–H groups in total. The monoisotopic (exact) mass is 592 g/mol. The lowest BCUT2D eigenvalue weighted by Crippen LogP contribution is -2.35. The summed E-state index contributed by atoms with van der Waals surface area (Å²) in [5.41, 5.74) is 7.20. The number of fused-ring (bicyclic) bond motifs is 8. The Bertz CT molecular complexity index is 2150. The molecule has 0 fully saturated rings. The van der Waals surface area contributed by atoms with Gasteiger partial charge in [-0.15, -0.1) is 0 Å². The number of methoxy groups -OCH3 is 1. The van der Waals surface area contributed by atoms with Crippen LogP contribution in [0.15, 0.2) is 121 Å². The van der Waals surface area contributed by atoms with Gasteiger partial charge < -0.3 is 9.47 Å². The van der Waals surface area contributed by atoms with Gasteiger partial charge >= 0.3 is 0 Å². The van der Waals surface area contributed by atoms with Crippen LogP contribution in [-0.2, 0) is 11.0 Å². The van der Waals surface area contributed by atoms with Crippen molar-refractivity contribution < 1.29 is 18.3 Å². The van der Waals surface area contributed by atoms with E-state index in [0.717, 1.165) is 61.9 Å². The van der Waals surface area contributed by atoms with Crippen LogP contribution in [0.5, 0.6) is 11.5 Å². The molecule has 0 aromatic heterocycles. The van der Waals surface area contributed by atoms with Gasteiger partial charge in [-0.05, 0) is 69.1 Å². The molecule has 1 unspecified atom stereocenters.